The molecular formula is C15H18Cl3NO2. The monoisotopic (exact) mass is 349 g/mol. The van der Waals surface area contributed by atoms with Gasteiger partial charge in [-0.1, -0.05) is 34.8 Å². The minimum Gasteiger partial charge on any atom is -0.481 e. The highest BCUT2D eigenvalue weighted by Crippen LogP contribution is 2.41. The average molecular weight is 351 g/mol. The van der Waals surface area contributed by atoms with E-state index in [1.54, 1.807) is 12.1 Å². The fourth-order valence-corrected chi connectivity index (χ4v) is 3.43. The Labute approximate surface area is 139 Å². The number of likely N-dealkylation sites (tertiary alicyclic amines) is 1. The minimum absolute atomic E-state index is 0.0921. The molecule has 0 amide bonds. The van der Waals surface area contributed by atoms with E-state index >= 15 is 0 Å². The second-order valence-corrected chi connectivity index (χ2v) is 7.64. The molecule has 0 aliphatic carbocycles. The number of benzene rings is 1. The summed E-state index contributed by atoms with van der Waals surface area (Å²) in [5.41, 5.74) is 0.663. The molecule has 2 atom stereocenters. The standard InChI is InChI=1S/C15H18Cl3NO2/c1-15(2,3)19-6-9(10(7-19)14(20)21)8-4-12(17)13(18)5-11(8)16/h4-5,9-10H,6-7H2,1-3H3,(H,20,21)/t9-,10+/m1/s1. The summed E-state index contributed by atoms with van der Waals surface area (Å²) >= 11 is 18.3. The van der Waals surface area contributed by atoms with Gasteiger partial charge in [-0.3, -0.25) is 9.69 Å². The molecule has 1 saturated heterocycles. The highest BCUT2D eigenvalue weighted by molar-refractivity contribution is 6.43. The van der Waals surface area contributed by atoms with E-state index in [-0.39, 0.29) is 11.5 Å². The summed E-state index contributed by atoms with van der Waals surface area (Å²) in [6.45, 7) is 7.36. The molecule has 1 aromatic carbocycles. The Hall–Kier alpha value is -0.480. The topological polar surface area (TPSA) is 40.5 Å². The quantitative estimate of drug-likeness (QED) is 0.796. The van der Waals surface area contributed by atoms with Crippen molar-refractivity contribution >= 4 is 40.8 Å². The number of rotatable bonds is 2. The first-order valence-corrected chi connectivity index (χ1v) is 7.87. The average Bonchev–Trinajstić information content (AvgIpc) is 2.78. The largest absolute Gasteiger partial charge is 0.481 e. The van der Waals surface area contributed by atoms with Crippen LogP contribution in [0.1, 0.15) is 32.3 Å². The third kappa shape index (κ3) is 3.48. The fraction of sp³-hybridized carbons (Fsp3) is 0.533. The molecule has 0 spiro atoms. The first kappa shape index (κ1) is 16.9. The second-order valence-electron chi connectivity index (χ2n) is 6.41. The Morgan fingerprint density at radius 2 is 1.71 bits per heavy atom. The van der Waals surface area contributed by atoms with E-state index in [1.165, 1.54) is 0 Å². The highest BCUT2D eigenvalue weighted by Gasteiger charge is 2.42. The molecule has 0 aromatic heterocycles. The summed E-state index contributed by atoms with van der Waals surface area (Å²) < 4.78 is 0. The Balaban J connectivity index is 2.41. The van der Waals surface area contributed by atoms with Crippen molar-refractivity contribution in [3.63, 3.8) is 0 Å². The van der Waals surface area contributed by atoms with Crippen LogP contribution in [-0.2, 0) is 4.79 Å². The number of hydrogen-bond donors (Lipinski definition) is 1. The number of carbonyl (C=O) groups is 1. The van der Waals surface area contributed by atoms with Gasteiger partial charge in [0.25, 0.3) is 0 Å². The predicted molar refractivity (Wildman–Crippen MR) is 86.7 cm³/mol. The Kier molecular flexibility index (Phi) is 4.79. The number of carboxylic acids is 1. The zero-order valence-electron chi connectivity index (χ0n) is 12.2. The van der Waals surface area contributed by atoms with Gasteiger partial charge in [-0.15, -0.1) is 0 Å². The van der Waals surface area contributed by atoms with E-state index in [9.17, 15) is 9.90 Å². The lowest BCUT2D eigenvalue weighted by Gasteiger charge is -2.31. The first-order chi connectivity index (χ1) is 9.61. The molecule has 0 bridgehead atoms. The number of carboxylic acid groups (broad SMARTS) is 1. The van der Waals surface area contributed by atoms with Crippen molar-refractivity contribution in [2.24, 2.45) is 5.92 Å². The van der Waals surface area contributed by atoms with Crippen LogP contribution >= 0.6 is 34.8 Å². The maximum Gasteiger partial charge on any atom is 0.308 e. The van der Waals surface area contributed by atoms with E-state index in [1.807, 2.05) is 0 Å². The van der Waals surface area contributed by atoms with Crippen molar-refractivity contribution < 1.29 is 9.90 Å². The van der Waals surface area contributed by atoms with Crippen molar-refractivity contribution in [3.8, 4) is 0 Å². The molecule has 0 radical (unpaired) electrons. The van der Waals surface area contributed by atoms with Gasteiger partial charge in [-0.05, 0) is 38.5 Å². The second kappa shape index (κ2) is 5.96. The molecule has 116 valence electrons. The van der Waals surface area contributed by atoms with Crippen molar-refractivity contribution in [3.05, 3.63) is 32.8 Å². The van der Waals surface area contributed by atoms with Gasteiger partial charge in [0.2, 0.25) is 0 Å². The summed E-state index contributed by atoms with van der Waals surface area (Å²) in [6.07, 6.45) is 0. The minimum atomic E-state index is -0.811. The number of aliphatic carboxylic acids is 1. The van der Waals surface area contributed by atoms with Crippen LogP contribution in [0.2, 0.25) is 15.1 Å². The molecule has 3 nitrogen and oxygen atoms in total. The molecule has 1 aliphatic heterocycles. The maximum atomic E-state index is 11.6. The SMILES string of the molecule is CC(C)(C)N1C[C@H](C(=O)O)[C@@H](c2cc(Cl)c(Cl)cc2Cl)C1. The molecular weight excluding hydrogens is 333 g/mol. The van der Waals surface area contributed by atoms with Crippen LogP contribution in [0, 0.1) is 5.92 Å². The van der Waals surface area contributed by atoms with Gasteiger partial charge in [0.1, 0.15) is 0 Å². The van der Waals surface area contributed by atoms with Crippen molar-refractivity contribution in [1.29, 1.82) is 0 Å². The lowest BCUT2D eigenvalue weighted by atomic mass is 9.89. The van der Waals surface area contributed by atoms with E-state index in [4.69, 9.17) is 34.8 Å². The van der Waals surface area contributed by atoms with E-state index in [0.717, 1.165) is 5.56 Å². The molecule has 21 heavy (non-hydrogen) atoms. The molecule has 0 saturated carbocycles. The molecule has 1 aromatic rings. The van der Waals surface area contributed by atoms with E-state index in [0.29, 0.717) is 28.2 Å². The summed E-state index contributed by atoms with van der Waals surface area (Å²) in [6, 6.07) is 3.28. The van der Waals surface area contributed by atoms with Gasteiger partial charge < -0.3 is 5.11 Å². The zero-order valence-corrected chi connectivity index (χ0v) is 14.4. The van der Waals surface area contributed by atoms with Gasteiger partial charge in [0, 0.05) is 29.6 Å². The Morgan fingerprint density at radius 1 is 1.14 bits per heavy atom. The predicted octanol–water partition coefficient (Wildman–Crippen LogP) is 4.55. The lowest BCUT2D eigenvalue weighted by Crippen LogP contribution is -2.40. The van der Waals surface area contributed by atoms with Crippen LogP contribution in [0.25, 0.3) is 0 Å². The summed E-state index contributed by atoms with van der Waals surface area (Å²) in [5.74, 6) is -1.50. The first-order valence-electron chi connectivity index (χ1n) is 6.73. The smallest absolute Gasteiger partial charge is 0.308 e. The number of halogens is 3. The van der Waals surface area contributed by atoms with Crippen LogP contribution < -0.4 is 0 Å². The van der Waals surface area contributed by atoms with Gasteiger partial charge in [0.15, 0.2) is 0 Å². The number of nitrogens with zero attached hydrogens (tertiary/aromatic N) is 1. The van der Waals surface area contributed by atoms with Crippen LogP contribution in [0.15, 0.2) is 12.1 Å². The highest BCUT2D eigenvalue weighted by atomic mass is 35.5. The molecule has 0 unspecified atom stereocenters. The molecule has 6 heteroatoms. The molecule has 1 N–H and O–H groups in total. The maximum absolute atomic E-state index is 11.6. The Bertz CT molecular complexity index is 569. The molecule has 1 fully saturated rings. The number of hydrogen-bond acceptors (Lipinski definition) is 2. The normalized spacial score (nSPS) is 23.5. The Morgan fingerprint density at radius 3 is 2.24 bits per heavy atom. The summed E-state index contributed by atoms with van der Waals surface area (Å²) in [4.78, 5) is 13.8. The van der Waals surface area contributed by atoms with Crippen molar-refractivity contribution in [1.82, 2.24) is 4.90 Å². The van der Waals surface area contributed by atoms with E-state index in [2.05, 4.69) is 25.7 Å². The van der Waals surface area contributed by atoms with Crippen molar-refractivity contribution in [2.45, 2.75) is 32.2 Å². The van der Waals surface area contributed by atoms with Gasteiger partial charge in [-0.2, -0.15) is 0 Å². The fourth-order valence-electron chi connectivity index (χ4n) is 2.74. The summed E-state index contributed by atoms with van der Waals surface area (Å²) in [7, 11) is 0. The molecule has 2 rings (SSSR count). The van der Waals surface area contributed by atoms with Crippen LogP contribution in [0.3, 0.4) is 0 Å². The van der Waals surface area contributed by atoms with E-state index < -0.39 is 11.9 Å². The van der Waals surface area contributed by atoms with Crippen LogP contribution in [0.4, 0.5) is 0 Å². The van der Waals surface area contributed by atoms with Crippen molar-refractivity contribution in [2.75, 3.05) is 13.1 Å². The molecule has 1 aliphatic rings. The van der Waals surface area contributed by atoms with Crippen LogP contribution in [-0.4, -0.2) is 34.6 Å². The van der Waals surface area contributed by atoms with Gasteiger partial charge in [-0.25, -0.2) is 0 Å². The van der Waals surface area contributed by atoms with Crippen LogP contribution in [0.5, 0.6) is 0 Å². The zero-order chi connectivity index (χ0) is 15.9. The lowest BCUT2D eigenvalue weighted by molar-refractivity contribution is -0.141. The van der Waals surface area contributed by atoms with Gasteiger partial charge >= 0.3 is 5.97 Å². The third-order valence-electron chi connectivity index (χ3n) is 4.02. The third-order valence-corrected chi connectivity index (χ3v) is 5.07. The summed E-state index contributed by atoms with van der Waals surface area (Å²) in [5, 5.41) is 10.8. The molecule has 1 heterocycles. The van der Waals surface area contributed by atoms with Gasteiger partial charge in [0.05, 0.1) is 16.0 Å².